The molecule has 3 aliphatic heterocycles. The van der Waals surface area contributed by atoms with Crippen LogP contribution >= 0.6 is 11.8 Å². The Morgan fingerprint density at radius 3 is 2.95 bits per heavy atom. The van der Waals surface area contributed by atoms with Crippen LogP contribution in [0.3, 0.4) is 0 Å². The Kier molecular flexibility index (Phi) is 3.43. The Bertz CT molecular complexity index is 570. The first kappa shape index (κ1) is 13.3. The molecule has 1 N–H and O–H groups in total. The van der Waals surface area contributed by atoms with Gasteiger partial charge in [0.05, 0.1) is 12.1 Å². The molecule has 0 aliphatic carbocycles. The number of aliphatic imine (C=N–C) groups is 1. The number of rotatable bonds is 2. The molecule has 21 heavy (non-hydrogen) atoms. The summed E-state index contributed by atoms with van der Waals surface area (Å²) in [6, 6.07) is 6.00. The number of amidine groups is 1. The van der Waals surface area contributed by atoms with Crippen LogP contribution in [-0.2, 0) is 11.3 Å². The van der Waals surface area contributed by atoms with Crippen molar-refractivity contribution in [1.29, 1.82) is 0 Å². The molecule has 3 aliphatic rings. The summed E-state index contributed by atoms with van der Waals surface area (Å²) in [7, 11) is 0. The number of ether oxygens (including phenoxy) is 3. The van der Waals surface area contributed by atoms with Gasteiger partial charge in [-0.2, -0.15) is 0 Å². The fraction of sp³-hybridized carbons (Fsp3) is 0.533. The van der Waals surface area contributed by atoms with Crippen LogP contribution in [0, 0.1) is 0 Å². The molecule has 2 saturated heterocycles. The van der Waals surface area contributed by atoms with Crippen molar-refractivity contribution in [2.24, 2.45) is 4.99 Å². The number of benzene rings is 1. The van der Waals surface area contributed by atoms with E-state index in [1.165, 1.54) is 0 Å². The minimum Gasteiger partial charge on any atom is -0.454 e. The van der Waals surface area contributed by atoms with Crippen molar-refractivity contribution in [3.05, 3.63) is 23.8 Å². The highest BCUT2D eigenvalue weighted by molar-refractivity contribution is 8.14. The first-order valence-electron chi connectivity index (χ1n) is 7.25. The molecule has 0 unspecified atom stereocenters. The maximum absolute atomic E-state index is 5.45. The molecular formula is C15H18N2O3S. The van der Waals surface area contributed by atoms with Gasteiger partial charge in [-0.3, -0.25) is 4.99 Å². The lowest BCUT2D eigenvalue weighted by molar-refractivity contribution is 0.0555. The van der Waals surface area contributed by atoms with Crippen molar-refractivity contribution >= 4 is 16.9 Å². The van der Waals surface area contributed by atoms with Crippen LogP contribution in [0.1, 0.15) is 18.4 Å². The maximum Gasteiger partial charge on any atom is 0.231 e. The summed E-state index contributed by atoms with van der Waals surface area (Å²) in [5.74, 6) is 2.73. The molecule has 1 spiro atoms. The summed E-state index contributed by atoms with van der Waals surface area (Å²) in [6.45, 7) is 2.68. The van der Waals surface area contributed by atoms with Crippen LogP contribution in [-0.4, -0.2) is 36.5 Å². The number of hydrogen-bond acceptors (Lipinski definition) is 5. The van der Waals surface area contributed by atoms with Gasteiger partial charge in [-0.25, -0.2) is 0 Å². The Labute approximate surface area is 128 Å². The second kappa shape index (κ2) is 5.42. The van der Waals surface area contributed by atoms with Crippen molar-refractivity contribution in [1.82, 2.24) is 5.32 Å². The van der Waals surface area contributed by atoms with E-state index in [0.717, 1.165) is 54.0 Å². The topological polar surface area (TPSA) is 52.1 Å². The Morgan fingerprint density at radius 1 is 1.19 bits per heavy atom. The third kappa shape index (κ3) is 2.70. The zero-order valence-electron chi connectivity index (χ0n) is 11.8. The zero-order valence-corrected chi connectivity index (χ0v) is 12.6. The summed E-state index contributed by atoms with van der Waals surface area (Å²) in [5, 5.41) is 4.66. The van der Waals surface area contributed by atoms with Gasteiger partial charge in [0, 0.05) is 19.0 Å². The lowest BCUT2D eigenvalue weighted by Gasteiger charge is -2.32. The quantitative estimate of drug-likeness (QED) is 0.907. The van der Waals surface area contributed by atoms with E-state index >= 15 is 0 Å². The molecule has 4 rings (SSSR count). The third-order valence-corrected chi connectivity index (χ3v) is 5.35. The first-order valence-corrected chi connectivity index (χ1v) is 8.23. The predicted molar refractivity (Wildman–Crippen MR) is 82.1 cm³/mol. The highest BCUT2D eigenvalue weighted by Crippen LogP contribution is 2.34. The van der Waals surface area contributed by atoms with E-state index in [4.69, 9.17) is 19.2 Å². The minimum atomic E-state index is 0.205. The van der Waals surface area contributed by atoms with Crippen molar-refractivity contribution < 1.29 is 14.2 Å². The highest BCUT2D eigenvalue weighted by atomic mass is 32.2. The molecule has 0 radical (unpaired) electrons. The maximum atomic E-state index is 5.45. The highest BCUT2D eigenvalue weighted by Gasteiger charge is 2.38. The summed E-state index contributed by atoms with van der Waals surface area (Å²) in [4.78, 5) is 4.70. The van der Waals surface area contributed by atoms with E-state index in [-0.39, 0.29) is 5.54 Å². The fourth-order valence-corrected chi connectivity index (χ4v) is 4.04. The number of fused-ring (bicyclic) bond motifs is 1. The molecule has 2 fully saturated rings. The Balaban J connectivity index is 1.42. The monoisotopic (exact) mass is 306 g/mol. The molecule has 5 nitrogen and oxygen atoms in total. The molecule has 0 bridgehead atoms. The average Bonchev–Trinajstić information content (AvgIpc) is 3.13. The summed E-state index contributed by atoms with van der Waals surface area (Å²) < 4.78 is 16.2. The van der Waals surface area contributed by atoms with Gasteiger partial charge in [-0.15, -0.1) is 0 Å². The number of nitrogens with zero attached hydrogens (tertiary/aromatic N) is 1. The van der Waals surface area contributed by atoms with Crippen molar-refractivity contribution in [2.75, 3.05) is 25.8 Å². The van der Waals surface area contributed by atoms with Gasteiger partial charge in [0.2, 0.25) is 6.79 Å². The molecule has 0 amide bonds. The summed E-state index contributed by atoms with van der Waals surface area (Å²) in [6.07, 6.45) is 2.14. The van der Waals surface area contributed by atoms with E-state index < -0.39 is 0 Å². The van der Waals surface area contributed by atoms with Gasteiger partial charge in [0.25, 0.3) is 0 Å². The van der Waals surface area contributed by atoms with Crippen LogP contribution in [0.5, 0.6) is 11.5 Å². The van der Waals surface area contributed by atoms with Crippen LogP contribution in [0.15, 0.2) is 23.2 Å². The van der Waals surface area contributed by atoms with Gasteiger partial charge in [-0.1, -0.05) is 17.8 Å². The Morgan fingerprint density at radius 2 is 2.05 bits per heavy atom. The molecule has 3 heterocycles. The average molecular weight is 306 g/mol. The van der Waals surface area contributed by atoms with Crippen molar-refractivity contribution in [2.45, 2.75) is 24.9 Å². The molecule has 0 atom stereocenters. The van der Waals surface area contributed by atoms with Gasteiger partial charge in [0.15, 0.2) is 16.7 Å². The standard InChI is InChI=1S/C15H18N2O3S/c1-2-12-13(20-10-19-12)7-11(1)8-16-14-17-15(9-21-14)3-5-18-6-4-15/h1-2,7H,3-6,8-10H2,(H,16,17). The number of hydrogen-bond donors (Lipinski definition) is 1. The van der Waals surface area contributed by atoms with Crippen LogP contribution in [0.2, 0.25) is 0 Å². The second-order valence-corrected chi connectivity index (χ2v) is 6.58. The molecular weight excluding hydrogens is 288 g/mol. The van der Waals surface area contributed by atoms with Crippen LogP contribution in [0.4, 0.5) is 0 Å². The number of nitrogens with one attached hydrogen (secondary N) is 1. The first-order chi connectivity index (χ1) is 10.3. The smallest absolute Gasteiger partial charge is 0.231 e. The Hall–Kier alpha value is -1.40. The normalized spacial score (nSPS) is 24.5. The van der Waals surface area contributed by atoms with Crippen LogP contribution in [0.25, 0.3) is 0 Å². The SMILES string of the molecule is c1cc2c(cc1CN=C1NC3(CCOCC3)CS1)OCO2. The summed E-state index contributed by atoms with van der Waals surface area (Å²) >= 11 is 1.82. The van der Waals surface area contributed by atoms with Gasteiger partial charge >= 0.3 is 0 Å². The minimum absolute atomic E-state index is 0.205. The number of thioether (sulfide) groups is 1. The lowest BCUT2D eigenvalue weighted by Crippen LogP contribution is -2.48. The fourth-order valence-electron chi connectivity index (χ4n) is 2.82. The van der Waals surface area contributed by atoms with Crippen LogP contribution < -0.4 is 14.8 Å². The van der Waals surface area contributed by atoms with Crippen molar-refractivity contribution in [3.63, 3.8) is 0 Å². The van der Waals surface area contributed by atoms with E-state index in [0.29, 0.717) is 13.3 Å². The van der Waals surface area contributed by atoms with E-state index in [9.17, 15) is 0 Å². The molecule has 112 valence electrons. The summed E-state index contributed by atoms with van der Waals surface area (Å²) in [5.41, 5.74) is 1.35. The van der Waals surface area contributed by atoms with E-state index in [2.05, 4.69) is 5.32 Å². The largest absolute Gasteiger partial charge is 0.454 e. The predicted octanol–water partition coefficient (Wildman–Crippen LogP) is 2.16. The van der Waals surface area contributed by atoms with E-state index in [1.54, 1.807) is 0 Å². The van der Waals surface area contributed by atoms with Gasteiger partial charge < -0.3 is 19.5 Å². The molecule has 0 aromatic heterocycles. The van der Waals surface area contributed by atoms with E-state index in [1.807, 2.05) is 30.0 Å². The molecule has 0 saturated carbocycles. The van der Waals surface area contributed by atoms with Gasteiger partial charge in [-0.05, 0) is 30.5 Å². The van der Waals surface area contributed by atoms with Crippen molar-refractivity contribution in [3.8, 4) is 11.5 Å². The second-order valence-electron chi connectivity index (χ2n) is 5.62. The lowest BCUT2D eigenvalue weighted by atomic mass is 9.93. The zero-order chi connectivity index (χ0) is 14.1. The molecule has 6 heteroatoms. The molecule has 1 aromatic rings. The van der Waals surface area contributed by atoms with Gasteiger partial charge in [0.1, 0.15) is 0 Å². The molecule has 1 aromatic carbocycles. The third-order valence-electron chi connectivity index (χ3n) is 4.15.